The third-order valence-corrected chi connectivity index (χ3v) is 1.53. The summed E-state index contributed by atoms with van der Waals surface area (Å²) in [6.07, 6.45) is 4.89. The van der Waals surface area contributed by atoms with E-state index < -0.39 is 0 Å². The number of carbonyl (C=O) groups excluding carboxylic acids is 1. The molecule has 0 fully saturated rings. The first-order valence-corrected chi connectivity index (χ1v) is 4.00. The van der Waals surface area contributed by atoms with E-state index >= 15 is 0 Å². The van der Waals surface area contributed by atoms with E-state index in [1.807, 2.05) is 18.2 Å². The van der Waals surface area contributed by atoms with Crippen LogP contribution in [0.4, 0.5) is 0 Å². The summed E-state index contributed by atoms with van der Waals surface area (Å²) in [6, 6.07) is 5.57. The minimum absolute atomic E-state index is 0.0364. The van der Waals surface area contributed by atoms with Crippen LogP contribution in [0.2, 0.25) is 0 Å². The van der Waals surface area contributed by atoms with Crippen LogP contribution < -0.4 is 0 Å². The number of aromatic nitrogens is 1. The Hall–Kier alpha value is -1.64. The molecule has 1 aromatic heterocycles. The van der Waals surface area contributed by atoms with Crippen molar-refractivity contribution in [2.45, 2.75) is 0 Å². The van der Waals surface area contributed by atoms with Crippen molar-refractivity contribution in [1.29, 1.82) is 0 Å². The Labute approximate surface area is 77.7 Å². The predicted molar refractivity (Wildman–Crippen MR) is 52.0 cm³/mol. The van der Waals surface area contributed by atoms with Crippen molar-refractivity contribution in [3.8, 4) is 0 Å². The maximum atomic E-state index is 11.1. The van der Waals surface area contributed by atoms with Crippen molar-refractivity contribution in [3.05, 3.63) is 36.2 Å². The molecule has 0 saturated carbocycles. The second-order valence-corrected chi connectivity index (χ2v) is 2.82. The molecule has 3 heteroatoms. The lowest BCUT2D eigenvalue weighted by molar-refractivity contribution is -0.123. The number of hydrogen-bond donors (Lipinski definition) is 0. The van der Waals surface area contributed by atoms with E-state index in [0.717, 1.165) is 5.69 Å². The van der Waals surface area contributed by atoms with Crippen LogP contribution in [0.3, 0.4) is 0 Å². The normalized spacial score (nSPS) is 10.3. The lowest BCUT2D eigenvalue weighted by Gasteiger charge is -2.04. The standard InChI is InChI=1S/C10H12N2O/c1-12(2)10(13)7-6-9-5-3-4-8-11-9/h3-8H,1-2H3. The zero-order valence-corrected chi connectivity index (χ0v) is 7.77. The summed E-state index contributed by atoms with van der Waals surface area (Å²) in [7, 11) is 3.43. The van der Waals surface area contributed by atoms with E-state index in [-0.39, 0.29) is 5.91 Å². The summed E-state index contributed by atoms with van der Waals surface area (Å²) >= 11 is 0. The van der Waals surface area contributed by atoms with E-state index in [1.165, 1.54) is 11.0 Å². The fraction of sp³-hybridized carbons (Fsp3) is 0.200. The van der Waals surface area contributed by atoms with Gasteiger partial charge in [-0.25, -0.2) is 0 Å². The molecule has 1 rings (SSSR count). The average molecular weight is 176 g/mol. The van der Waals surface area contributed by atoms with E-state index in [2.05, 4.69) is 4.98 Å². The summed E-state index contributed by atoms with van der Waals surface area (Å²) in [4.78, 5) is 16.7. The molecule has 0 unspecified atom stereocenters. The number of hydrogen-bond acceptors (Lipinski definition) is 2. The molecule has 0 bridgehead atoms. The number of nitrogens with zero attached hydrogens (tertiary/aromatic N) is 2. The van der Waals surface area contributed by atoms with Gasteiger partial charge >= 0.3 is 0 Å². The maximum Gasteiger partial charge on any atom is 0.246 e. The van der Waals surface area contributed by atoms with Crippen LogP contribution in [0.1, 0.15) is 5.69 Å². The monoisotopic (exact) mass is 176 g/mol. The summed E-state index contributed by atoms with van der Waals surface area (Å²) < 4.78 is 0. The summed E-state index contributed by atoms with van der Waals surface area (Å²) in [5, 5.41) is 0. The van der Waals surface area contributed by atoms with Gasteiger partial charge in [-0.05, 0) is 18.2 Å². The minimum atomic E-state index is -0.0364. The van der Waals surface area contributed by atoms with Gasteiger partial charge in [0.1, 0.15) is 0 Å². The average Bonchev–Trinajstić information content (AvgIpc) is 2.15. The van der Waals surface area contributed by atoms with Gasteiger partial charge in [0.2, 0.25) is 5.91 Å². The minimum Gasteiger partial charge on any atom is -0.345 e. The Morgan fingerprint density at radius 2 is 2.23 bits per heavy atom. The summed E-state index contributed by atoms with van der Waals surface area (Å²) in [5.74, 6) is -0.0364. The topological polar surface area (TPSA) is 33.2 Å². The first kappa shape index (κ1) is 9.45. The Morgan fingerprint density at radius 1 is 1.46 bits per heavy atom. The molecular weight excluding hydrogens is 164 g/mol. The number of likely N-dealkylation sites (N-methyl/N-ethyl adjacent to an activating group) is 1. The Balaban J connectivity index is 2.64. The van der Waals surface area contributed by atoms with E-state index in [4.69, 9.17) is 0 Å². The fourth-order valence-corrected chi connectivity index (χ4v) is 0.780. The van der Waals surface area contributed by atoms with Crippen LogP contribution in [0.5, 0.6) is 0 Å². The highest BCUT2D eigenvalue weighted by Crippen LogP contribution is 1.96. The molecule has 1 aromatic rings. The molecule has 0 aromatic carbocycles. The molecule has 1 amide bonds. The van der Waals surface area contributed by atoms with Crippen LogP contribution in [0.25, 0.3) is 6.08 Å². The lowest BCUT2D eigenvalue weighted by atomic mass is 10.3. The van der Waals surface area contributed by atoms with Gasteiger partial charge in [0.15, 0.2) is 0 Å². The van der Waals surface area contributed by atoms with E-state index in [0.29, 0.717) is 0 Å². The van der Waals surface area contributed by atoms with Crippen LogP contribution in [-0.2, 0) is 4.79 Å². The second-order valence-electron chi connectivity index (χ2n) is 2.82. The second kappa shape index (κ2) is 4.40. The first-order chi connectivity index (χ1) is 6.20. The van der Waals surface area contributed by atoms with Crippen LogP contribution in [0, 0.1) is 0 Å². The highest BCUT2D eigenvalue weighted by molar-refractivity contribution is 5.91. The molecule has 13 heavy (non-hydrogen) atoms. The van der Waals surface area contributed by atoms with Gasteiger partial charge in [-0.1, -0.05) is 6.07 Å². The molecule has 0 N–H and O–H groups in total. The van der Waals surface area contributed by atoms with Crippen molar-refractivity contribution in [1.82, 2.24) is 9.88 Å². The molecule has 68 valence electrons. The molecule has 3 nitrogen and oxygen atoms in total. The first-order valence-electron chi connectivity index (χ1n) is 4.00. The maximum absolute atomic E-state index is 11.1. The molecule has 1 heterocycles. The van der Waals surface area contributed by atoms with E-state index in [9.17, 15) is 4.79 Å². The zero-order chi connectivity index (χ0) is 9.68. The quantitative estimate of drug-likeness (QED) is 0.634. The van der Waals surface area contributed by atoms with Gasteiger partial charge in [0.25, 0.3) is 0 Å². The third kappa shape index (κ3) is 3.07. The zero-order valence-electron chi connectivity index (χ0n) is 7.77. The molecule has 0 spiro atoms. The van der Waals surface area contributed by atoms with Crippen LogP contribution in [-0.4, -0.2) is 29.9 Å². The molecule has 0 saturated heterocycles. The Bertz CT molecular complexity index is 304. The SMILES string of the molecule is CN(C)C(=O)C=Cc1ccccn1. The molecule has 0 aliphatic carbocycles. The largest absolute Gasteiger partial charge is 0.345 e. The summed E-state index contributed by atoms with van der Waals surface area (Å²) in [6.45, 7) is 0. The van der Waals surface area contributed by atoms with Crippen molar-refractivity contribution < 1.29 is 4.79 Å². The molecule has 0 radical (unpaired) electrons. The Morgan fingerprint density at radius 3 is 2.77 bits per heavy atom. The van der Waals surface area contributed by atoms with Gasteiger partial charge in [0, 0.05) is 26.4 Å². The fourth-order valence-electron chi connectivity index (χ4n) is 0.780. The number of rotatable bonds is 2. The highest BCUT2D eigenvalue weighted by atomic mass is 16.2. The van der Waals surface area contributed by atoms with Crippen LogP contribution >= 0.6 is 0 Å². The van der Waals surface area contributed by atoms with Gasteiger partial charge in [-0.15, -0.1) is 0 Å². The van der Waals surface area contributed by atoms with Gasteiger partial charge in [-0.2, -0.15) is 0 Å². The van der Waals surface area contributed by atoms with Gasteiger partial charge < -0.3 is 4.90 Å². The lowest BCUT2D eigenvalue weighted by Crippen LogP contribution is -2.18. The van der Waals surface area contributed by atoms with Crippen molar-refractivity contribution in [2.75, 3.05) is 14.1 Å². The molecule has 0 atom stereocenters. The Kier molecular flexibility index (Phi) is 3.20. The number of carbonyl (C=O) groups is 1. The molecule has 0 aliphatic rings. The highest BCUT2D eigenvalue weighted by Gasteiger charge is 1.96. The van der Waals surface area contributed by atoms with Crippen molar-refractivity contribution in [3.63, 3.8) is 0 Å². The summed E-state index contributed by atoms with van der Waals surface area (Å²) in [5.41, 5.74) is 0.790. The third-order valence-electron chi connectivity index (χ3n) is 1.53. The molecule has 0 aliphatic heterocycles. The van der Waals surface area contributed by atoms with Crippen molar-refractivity contribution >= 4 is 12.0 Å². The van der Waals surface area contributed by atoms with E-state index in [1.54, 1.807) is 26.4 Å². The predicted octanol–water partition coefficient (Wildman–Crippen LogP) is 1.18. The smallest absolute Gasteiger partial charge is 0.246 e. The number of pyridine rings is 1. The van der Waals surface area contributed by atoms with Crippen LogP contribution in [0.15, 0.2) is 30.5 Å². The van der Waals surface area contributed by atoms with Crippen molar-refractivity contribution in [2.24, 2.45) is 0 Å². The number of amides is 1. The molecular formula is C10H12N2O. The van der Waals surface area contributed by atoms with Gasteiger partial charge in [-0.3, -0.25) is 9.78 Å². The van der Waals surface area contributed by atoms with Gasteiger partial charge in [0.05, 0.1) is 5.69 Å².